The Morgan fingerprint density at radius 1 is 1.44 bits per heavy atom. The van der Waals surface area contributed by atoms with Crippen LogP contribution in [0.2, 0.25) is 0 Å². The molecule has 0 bridgehead atoms. The highest BCUT2D eigenvalue weighted by Crippen LogP contribution is 2.24. The predicted molar refractivity (Wildman–Crippen MR) is 69.8 cm³/mol. The van der Waals surface area contributed by atoms with Gasteiger partial charge in [-0.2, -0.15) is 0 Å². The van der Waals surface area contributed by atoms with Crippen molar-refractivity contribution in [2.45, 2.75) is 44.9 Å². The van der Waals surface area contributed by atoms with Gasteiger partial charge in [-0.05, 0) is 27.2 Å². The molecule has 0 spiro atoms. The number of rotatable bonds is 9. The largest absolute Gasteiger partial charge is 0.389 e. The van der Waals surface area contributed by atoms with E-state index >= 15 is 0 Å². The summed E-state index contributed by atoms with van der Waals surface area (Å²) >= 11 is 0. The molecule has 5 nitrogen and oxygen atoms in total. The first kappa shape index (κ1) is 15.9. The smallest absolute Gasteiger partial charge is 0.0897 e. The van der Waals surface area contributed by atoms with Gasteiger partial charge in [-0.15, -0.1) is 0 Å². The summed E-state index contributed by atoms with van der Waals surface area (Å²) in [6.45, 7) is 9.60. The maximum absolute atomic E-state index is 9.80. The molecule has 2 N–H and O–H groups in total. The number of nitrogens with one attached hydrogen (secondary N) is 1. The summed E-state index contributed by atoms with van der Waals surface area (Å²) in [5.74, 6) is 0. The van der Waals surface area contributed by atoms with E-state index in [0.717, 1.165) is 13.0 Å². The molecule has 1 aliphatic heterocycles. The molecule has 0 radical (unpaired) electrons. The summed E-state index contributed by atoms with van der Waals surface area (Å²) in [4.78, 5) is 0. The molecule has 1 heterocycles. The molecule has 18 heavy (non-hydrogen) atoms. The van der Waals surface area contributed by atoms with E-state index in [1.165, 1.54) is 0 Å². The SMILES string of the molecule is CCOCCOCC(O)CNC1(C)CCOC1C. The van der Waals surface area contributed by atoms with Gasteiger partial charge in [0.2, 0.25) is 0 Å². The third-order valence-corrected chi connectivity index (χ3v) is 3.51. The molecule has 0 aliphatic carbocycles. The summed E-state index contributed by atoms with van der Waals surface area (Å²) in [6, 6.07) is 0. The number of aliphatic hydroxyl groups is 1. The molecule has 0 amide bonds. The van der Waals surface area contributed by atoms with E-state index in [-0.39, 0.29) is 11.6 Å². The van der Waals surface area contributed by atoms with Crippen molar-refractivity contribution < 1.29 is 19.3 Å². The van der Waals surface area contributed by atoms with Gasteiger partial charge in [0.05, 0.1) is 32.0 Å². The quantitative estimate of drug-likeness (QED) is 0.594. The summed E-state index contributed by atoms with van der Waals surface area (Å²) in [6.07, 6.45) is 0.673. The second kappa shape index (κ2) is 8.07. The highest BCUT2D eigenvalue weighted by molar-refractivity contribution is 4.93. The van der Waals surface area contributed by atoms with Crippen LogP contribution in [0.25, 0.3) is 0 Å². The Labute approximate surface area is 110 Å². The van der Waals surface area contributed by atoms with Crippen LogP contribution in [0, 0.1) is 0 Å². The second-order valence-electron chi connectivity index (χ2n) is 4.99. The Morgan fingerprint density at radius 2 is 2.17 bits per heavy atom. The van der Waals surface area contributed by atoms with Gasteiger partial charge in [0.25, 0.3) is 0 Å². The fourth-order valence-corrected chi connectivity index (χ4v) is 1.96. The fraction of sp³-hybridized carbons (Fsp3) is 1.00. The molecule has 108 valence electrons. The molecule has 1 rings (SSSR count). The first-order valence-electron chi connectivity index (χ1n) is 6.78. The van der Waals surface area contributed by atoms with Gasteiger partial charge in [-0.3, -0.25) is 0 Å². The van der Waals surface area contributed by atoms with E-state index in [0.29, 0.717) is 33.0 Å². The number of hydrogen-bond acceptors (Lipinski definition) is 5. The summed E-state index contributed by atoms with van der Waals surface area (Å²) < 4.78 is 16.0. The van der Waals surface area contributed by atoms with Crippen molar-refractivity contribution in [1.82, 2.24) is 5.32 Å². The van der Waals surface area contributed by atoms with E-state index in [4.69, 9.17) is 14.2 Å². The molecular weight excluding hydrogens is 234 g/mol. The van der Waals surface area contributed by atoms with Gasteiger partial charge in [-0.25, -0.2) is 0 Å². The predicted octanol–water partition coefficient (Wildman–Crippen LogP) is 0.558. The van der Waals surface area contributed by atoms with Crippen LogP contribution in [0.1, 0.15) is 27.2 Å². The molecule has 3 atom stereocenters. The van der Waals surface area contributed by atoms with Gasteiger partial charge < -0.3 is 24.6 Å². The first-order valence-corrected chi connectivity index (χ1v) is 6.78. The fourth-order valence-electron chi connectivity index (χ4n) is 1.96. The average Bonchev–Trinajstić information content (AvgIpc) is 2.68. The van der Waals surface area contributed by atoms with Crippen molar-refractivity contribution in [1.29, 1.82) is 0 Å². The standard InChI is InChI=1S/C13H27NO4/c1-4-16-7-8-17-10-12(15)9-14-13(3)5-6-18-11(13)2/h11-12,14-15H,4-10H2,1-3H3. The van der Waals surface area contributed by atoms with Gasteiger partial charge in [0.1, 0.15) is 0 Å². The normalized spacial score (nSPS) is 29.7. The molecule has 0 aromatic heterocycles. The van der Waals surface area contributed by atoms with Crippen LogP contribution >= 0.6 is 0 Å². The van der Waals surface area contributed by atoms with Crippen molar-refractivity contribution in [3.8, 4) is 0 Å². The highest BCUT2D eigenvalue weighted by Gasteiger charge is 2.36. The van der Waals surface area contributed by atoms with Gasteiger partial charge in [0, 0.05) is 25.3 Å². The molecule has 1 saturated heterocycles. The van der Waals surface area contributed by atoms with Crippen molar-refractivity contribution in [3.05, 3.63) is 0 Å². The molecule has 0 aromatic rings. The Balaban J connectivity index is 2.07. The van der Waals surface area contributed by atoms with Crippen LogP contribution in [0.5, 0.6) is 0 Å². The molecule has 0 saturated carbocycles. The maximum Gasteiger partial charge on any atom is 0.0897 e. The Kier molecular flexibility index (Phi) is 7.11. The molecule has 3 unspecified atom stereocenters. The molecule has 0 aromatic carbocycles. The van der Waals surface area contributed by atoms with Gasteiger partial charge in [0.15, 0.2) is 0 Å². The van der Waals surface area contributed by atoms with Crippen molar-refractivity contribution in [2.24, 2.45) is 0 Å². The minimum Gasteiger partial charge on any atom is -0.389 e. The van der Waals surface area contributed by atoms with Crippen LogP contribution in [-0.4, -0.2) is 62.4 Å². The zero-order valence-corrected chi connectivity index (χ0v) is 11.8. The molecular formula is C13H27NO4. The number of β-amino-alcohol motifs (C(OH)–C–C–N with tert-alkyl or cyclic N) is 1. The van der Waals surface area contributed by atoms with Gasteiger partial charge in [-0.1, -0.05) is 0 Å². The van der Waals surface area contributed by atoms with E-state index in [1.54, 1.807) is 0 Å². The van der Waals surface area contributed by atoms with Crippen LogP contribution in [0.15, 0.2) is 0 Å². The van der Waals surface area contributed by atoms with Gasteiger partial charge >= 0.3 is 0 Å². The summed E-state index contributed by atoms with van der Waals surface area (Å²) in [7, 11) is 0. The van der Waals surface area contributed by atoms with Crippen molar-refractivity contribution in [3.63, 3.8) is 0 Å². The number of ether oxygens (including phenoxy) is 3. The highest BCUT2D eigenvalue weighted by atomic mass is 16.5. The minimum atomic E-state index is -0.490. The van der Waals surface area contributed by atoms with Crippen molar-refractivity contribution >= 4 is 0 Å². The lowest BCUT2D eigenvalue weighted by Crippen LogP contribution is -2.50. The Morgan fingerprint density at radius 3 is 2.78 bits per heavy atom. The molecule has 1 fully saturated rings. The lowest BCUT2D eigenvalue weighted by Gasteiger charge is -2.30. The zero-order chi connectivity index (χ0) is 13.4. The van der Waals surface area contributed by atoms with E-state index in [2.05, 4.69) is 19.2 Å². The van der Waals surface area contributed by atoms with Crippen LogP contribution in [0.3, 0.4) is 0 Å². The molecule has 5 heteroatoms. The minimum absolute atomic E-state index is 0.0354. The Hall–Kier alpha value is -0.200. The monoisotopic (exact) mass is 261 g/mol. The van der Waals surface area contributed by atoms with Crippen molar-refractivity contribution in [2.75, 3.05) is 39.6 Å². The van der Waals surface area contributed by atoms with Crippen LogP contribution < -0.4 is 5.32 Å². The number of hydrogen-bond donors (Lipinski definition) is 2. The maximum atomic E-state index is 9.80. The lowest BCUT2D eigenvalue weighted by molar-refractivity contribution is 0.00219. The third-order valence-electron chi connectivity index (χ3n) is 3.51. The first-order chi connectivity index (χ1) is 8.58. The van der Waals surface area contributed by atoms with Crippen LogP contribution in [0.4, 0.5) is 0 Å². The molecule has 1 aliphatic rings. The zero-order valence-electron chi connectivity index (χ0n) is 11.8. The van der Waals surface area contributed by atoms with E-state index in [9.17, 15) is 5.11 Å². The lowest BCUT2D eigenvalue weighted by atomic mass is 9.94. The average molecular weight is 261 g/mol. The summed E-state index contributed by atoms with van der Waals surface area (Å²) in [5, 5.41) is 13.2. The Bertz CT molecular complexity index is 227. The second-order valence-corrected chi connectivity index (χ2v) is 4.99. The topological polar surface area (TPSA) is 60.0 Å². The third kappa shape index (κ3) is 5.20. The number of aliphatic hydroxyl groups excluding tert-OH is 1. The summed E-state index contributed by atoms with van der Waals surface area (Å²) in [5.41, 5.74) is -0.0354. The van der Waals surface area contributed by atoms with Crippen LogP contribution in [-0.2, 0) is 14.2 Å². The van der Waals surface area contributed by atoms with E-state index < -0.39 is 6.10 Å². The van der Waals surface area contributed by atoms with E-state index in [1.807, 2.05) is 6.92 Å².